The highest BCUT2D eigenvalue weighted by Crippen LogP contribution is 2.36. The lowest BCUT2D eigenvalue weighted by Gasteiger charge is -2.32. The van der Waals surface area contributed by atoms with Gasteiger partial charge in [-0.15, -0.1) is 0 Å². The number of rotatable bonds is 5. The molecule has 1 N–H and O–H groups in total. The van der Waals surface area contributed by atoms with Crippen LogP contribution in [-0.4, -0.2) is 47.0 Å². The average Bonchev–Trinajstić information content (AvgIpc) is 2.79. The molecule has 2 aliphatic rings. The highest BCUT2D eigenvalue weighted by atomic mass is 32.2. The number of nitrogens with one attached hydrogen (secondary N) is 1. The predicted molar refractivity (Wildman–Crippen MR) is 86.1 cm³/mol. The molecular formula is C15H29N3S. The van der Waals surface area contributed by atoms with Crippen molar-refractivity contribution < 1.29 is 0 Å². The number of thioether (sulfide) groups is 1. The van der Waals surface area contributed by atoms with Gasteiger partial charge < -0.3 is 10.2 Å². The molecule has 1 atom stereocenters. The molecule has 2 fully saturated rings. The number of amidine groups is 1. The molecule has 4 heteroatoms. The van der Waals surface area contributed by atoms with Crippen molar-refractivity contribution in [2.24, 2.45) is 4.99 Å². The van der Waals surface area contributed by atoms with Crippen LogP contribution in [0.15, 0.2) is 4.99 Å². The number of hydrogen-bond acceptors (Lipinski definition) is 3. The summed E-state index contributed by atoms with van der Waals surface area (Å²) in [4.78, 5) is 7.34. The van der Waals surface area contributed by atoms with Crippen LogP contribution in [0.25, 0.3) is 0 Å². The van der Waals surface area contributed by atoms with Gasteiger partial charge >= 0.3 is 0 Å². The molecule has 1 aliphatic carbocycles. The largest absolute Gasteiger partial charge is 0.359 e. The van der Waals surface area contributed by atoms with E-state index in [2.05, 4.69) is 31.0 Å². The molecule has 1 spiro atoms. The van der Waals surface area contributed by atoms with Crippen LogP contribution in [0.3, 0.4) is 0 Å². The van der Waals surface area contributed by atoms with Crippen LogP contribution >= 0.6 is 11.8 Å². The summed E-state index contributed by atoms with van der Waals surface area (Å²) < 4.78 is 0. The molecule has 1 aliphatic heterocycles. The Morgan fingerprint density at radius 2 is 1.95 bits per heavy atom. The molecule has 2 rings (SSSR count). The maximum Gasteiger partial charge on any atom is 0.157 e. The first-order valence-corrected chi connectivity index (χ1v) is 8.87. The van der Waals surface area contributed by atoms with Gasteiger partial charge in [0.25, 0.3) is 0 Å². The highest BCUT2D eigenvalue weighted by molar-refractivity contribution is 8.14. The first-order chi connectivity index (χ1) is 9.17. The molecule has 110 valence electrons. The van der Waals surface area contributed by atoms with Crippen molar-refractivity contribution in [3.8, 4) is 0 Å². The van der Waals surface area contributed by atoms with Crippen LogP contribution in [0.2, 0.25) is 0 Å². The number of hydrogen-bond donors (Lipinski definition) is 1. The first-order valence-electron chi connectivity index (χ1n) is 7.88. The molecule has 3 nitrogen and oxygen atoms in total. The van der Waals surface area contributed by atoms with Crippen LogP contribution in [0.1, 0.15) is 52.9 Å². The monoisotopic (exact) mass is 283 g/mol. The molecule has 0 aromatic heterocycles. The fourth-order valence-corrected chi connectivity index (χ4v) is 4.49. The minimum Gasteiger partial charge on any atom is -0.359 e. The van der Waals surface area contributed by atoms with Crippen LogP contribution in [0, 0.1) is 0 Å². The van der Waals surface area contributed by atoms with Crippen LogP contribution in [0.5, 0.6) is 0 Å². The maximum absolute atomic E-state index is 4.89. The molecule has 0 aromatic carbocycles. The molecule has 1 unspecified atom stereocenters. The summed E-state index contributed by atoms with van der Waals surface area (Å²) in [6.07, 6.45) is 6.86. The molecule has 1 heterocycles. The maximum atomic E-state index is 4.89. The second-order valence-electron chi connectivity index (χ2n) is 6.02. The highest BCUT2D eigenvalue weighted by Gasteiger charge is 2.38. The van der Waals surface area contributed by atoms with Crippen molar-refractivity contribution in [1.29, 1.82) is 0 Å². The van der Waals surface area contributed by atoms with Crippen molar-refractivity contribution in [3.05, 3.63) is 0 Å². The van der Waals surface area contributed by atoms with Gasteiger partial charge in [-0.05, 0) is 32.9 Å². The van der Waals surface area contributed by atoms with Gasteiger partial charge in [-0.25, -0.2) is 0 Å². The van der Waals surface area contributed by atoms with E-state index >= 15 is 0 Å². The van der Waals surface area contributed by atoms with Gasteiger partial charge in [0.05, 0.1) is 6.04 Å². The van der Waals surface area contributed by atoms with E-state index in [4.69, 9.17) is 4.99 Å². The zero-order valence-corrected chi connectivity index (χ0v) is 13.6. The van der Waals surface area contributed by atoms with E-state index in [1.807, 2.05) is 11.8 Å². The summed E-state index contributed by atoms with van der Waals surface area (Å²) in [7, 11) is 0. The van der Waals surface area contributed by atoms with Crippen molar-refractivity contribution in [1.82, 2.24) is 10.2 Å². The molecule has 1 saturated carbocycles. The minimum atomic E-state index is 0.386. The third-order valence-electron chi connectivity index (χ3n) is 4.42. The molecule has 19 heavy (non-hydrogen) atoms. The van der Waals surface area contributed by atoms with Crippen molar-refractivity contribution in [2.45, 2.75) is 64.5 Å². The van der Waals surface area contributed by atoms with E-state index in [-0.39, 0.29) is 0 Å². The average molecular weight is 283 g/mol. The van der Waals surface area contributed by atoms with Gasteiger partial charge in [0.1, 0.15) is 0 Å². The lowest BCUT2D eigenvalue weighted by Crippen LogP contribution is -2.45. The molecule has 0 amide bonds. The van der Waals surface area contributed by atoms with Crippen LogP contribution in [-0.2, 0) is 0 Å². The van der Waals surface area contributed by atoms with Crippen LogP contribution < -0.4 is 5.32 Å². The van der Waals surface area contributed by atoms with E-state index in [0.717, 1.165) is 19.6 Å². The Labute approximate surface area is 122 Å². The summed E-state index contributed by atoms with van der Waals surface area (Å²) in [5.74, 6) is 1.23. The molecular weight excluding hydrogens is 254 g/mol. The van der Waals surface area contributed by atoms with Gasteiger partial charge in [-0.1, -0.05) is 44.9 Å². The molecule has 0 bridgehead atoms. The topological polar surface area (TPSA) is 27.6 Å². The minimum absolute atomic E-state index is 0.386. The third-order valence-corrected chi connectivity index (χ3v) is 5.60. The first kappa shape index (κ1) is 15.2. The Morgan fingerprint density at radius 3 is 2.58 bits per heavy atom. The van der Waals surface area contributed by atoms with Gasteiger partial charge in [-0.3, -0.25) is 4.99 Å². The lowest BCUT2D eigenvalue weighted by molar-refractivity contribution is 0.287. The number of likely N-dealkylation sites (N-methyl/N-ethyl adjacent to an activating group) is 1. The Bertz CT molecular complexity index is 307. The second kappa shape index (κ2) is 6.98. The van der Waals surface area contributed by atoms with E-state index in [1.54, 1.807) is 0 Å². The predicted octanol–water partition coefficient (Wildman–Crippen LogP) is 3.11. The Balaban J connectivity index is 1.86. The van der Waals surface area contributed by atoms with Gasteiger partial charge in [0.2, 0.25) is 0 Å². The second-order valence-corrected chi connectivity index (χ2v) is 6.99. The number of aliphatic imine (C=N–C) groups is 1. The van der Waals surface area contributed by atoms with Crippen molar-refractivity contribution >= 4 is 16.9 Å². The smallest absolute Gasteiger partial charge is 0.157 e. The van der Waals surface area contributed by atoms with Crippen molar-refractivity contribution in [2.75, 3.05) is 25.4 Å². The summed E-state index contributed by atoms with van der Waals surface area (Å²) in [6.45, 7) is 10.0. The molecule has 0 aromatic rings. The Kier molecular flexibility index (Phi) is 5.58. The Hall–Kier alpha value is -0.220. The standard InChI is InChI=1S/C15H29N3S/c1-4-18(5-2)11-13(3)16-14-17-15(12-19-14)9-7-6-8-10-15/h13H,4-12H2,1-3H3,(H,16,17). The van der Waals surface area contributed by atoms with Crippen molar-refractivity contribution in [3.63, 3.8) is 0 Å². The fraction of sp³-hybridized carbons (Fsp3) is 0.933. The van der Waals surface area contributed by atoms with Crippen LogP contribution in [0.4, 0.5) is 0 Å². The van der Waals surface area contributed by atoms with Gasteiger partial charge in [-0.2, -0.15) is 0 Å². The van der Waals surface area contributed by atoms with E-state index in [9.17, 15) is 0 Å². The zero-order chi connectivity index (χ0) is 13.7. The quantitative estimate of drug-likeness (QED) is 0.840. The number of nitrogens with zero attached hydrogens (tertiary/aromatic N) is 2. The normalized spacial score (nSPS) is 26.0. The van der Waals surface area contributed by atoms with E-state index < -0.39 is 0 Å². The summed E-state index contributed by atoms with van der Waals surface area (Å²) >= 11 is 1.94. The fourth-order valence-electron chi connectivity index (χ4n) is 3.17. The van der Waals surface area contributed by atoms with Gasteiger partial charge in [0, 0.05) is 17.8 Å². The van der Waals surface area contributed by atoms with E-state index in [0.29, 0.717) is 11.6 Å². The van der Waals surface area contributed by atoms with E-state index in [1.165, 1.54) is 43.0 Å². The lowest BCUT2D eigenvalue weighted by atomic mass is 9.83. The SMILES string of the molecule is CCN(CC)CC(C)N=C1NC2(CCCCC2)CS1. The molecule has 1 saturated heterocycles. The van der Waals surface area contributed by atoms with Gasteiger partial charge in [0.15, 0.2) is 5.17 Å². The molecule has 0 radical (unpaired) electrons. The zero-order valence-electron chi connectivity index (χ0n) is 12.7. The third kappa shape index (κ3) is 4.12. The summed E-state index contributed by atoms with van der Waals surface area (Å²) in [6, 6.07) is 0.397. The Morgan fingerprint density at radius 1 is 1.26 bits per heavy atom. The summed E-state index contributed by atoms with van der Waals surface area (Å²) in [5.41, 5.74) is 0.386. The summed E-state index contributed by atoms with van der Waals surface area (Å²) in [5, 5.41) is 4.94.